The lowest BCUT2D eigenvalue weighted by atomic mass is 9.88. The highest BCUT2D eigenvalue weighted by Crippen LogP contribution is 2.41. The number of fused-ring (bicyclic) bond motifs is 1. The van der Waals surface area contributed by atoms with Crippen molar-refractivity contribution in [2.24, 2.45) is 5.92 Å². The first kappa shape index (κ1) is 22.8. The lowest BCUT2D eigenvalue weighted by Crippen LogP contribution is -2.20. The molecule has 1 aliphatic rings. The number of benzene rings is 2. The average molecular weight is 469 g/mol. The molecule has 2 N–H and O–H groups in total. The maximum absolute atomic E-state index is 14.2. The average Bonchev–Trinajstić information content (AvgIpc) is 3.15. The zero-order valence-electron chi connectivity index (χ0n) is 18.7. The van der Waals surface area contributed by atoms with Gasteiger partial charge in [0.15, 0.2) is 0 Å². The number of amides is 2. The Kier molecular flexibility index (Phi) is 6.65. The van der Waals surface area contributed by atoms with Gasteiger partial charge in [-0.25, -0.2) is 4.39 Å². The van der Waals surface area contributed by atoms with Crippen molar-refractivity contribution in [1.29, 1.82) is 0 Å². The van der Waals surface area contributed by atoms with Crippen LogP contribution in [0.25, 0.3) is 0 Å². The Morgan fingerprint density at radius 1 is 1.06 bits per heavy atom. The topological polar surface area (TPSA) is 76.7 Å². The fraction of sp³-hybridized carbons (Fsp3) is 0.280. The number of anilines is 2. The van der Waals surface area contributed by atoms with Crippen LogP contribution < -0.4 is 20.1 Å². The molecule has 0 radical (unpaired) electrons. The minimum Gasteiger partial charge on any atom is -0.497 e. The van der Waals surface area contributed by atoms with Gasteiger partial charge in [0, 0.05) is 10.9 Å². The van der Waals surface area contributed by atoms with Crippen LogP contribution >= 0.6 is 11.3 Å². The molecule has 33 heavy (non-hydrogen) atoms. The second-order valence-electron chi connectivity index (χ2n) is 8.01. The number of methoxy groups -OCH3 is 2. The highest BCUT2D eigenvalue weighted by Gasteiger charge is 2.29. The van der Waals surface area contributed by atoms with Crippen molar-refractivity contribution in [2.45, 2.75) is 26.2 Å². The Morgan fingerprint density at radius 3 is 2.58 bits per heavy atom. The van der Waals surface area contributed by atoms with Crippen molar-refractivity contribution >= 4 is 33.8 Å². The summed E-state index contributed by atoms with van der Waals surface area (Å²) < 4.78 is 24.8. The summed E-state index contributed by atoms with van der Waals surface area (Å²) in [5.74, 6) is -0.0259. The van der Waals surface area contributed by atoms with Gasteiger partial charge in [-0.3, -0.25) is 9.59 Å². The molecular formula is C25H25FN2O4S. The molecular weight excluding hydrogens is 443 g/mol. The van der Waals surface area contributed by atoms with Crippen LogP contribution in [0.1, 0.15) is 44.5 Å². The molecule has 2 aromatic carbocycles. The van der Waals surface area contributed by atoms with E-state index >= 15 is 0 Å². The first-order valence-corrected chi connectivity index (χ1v) is 11.5. The van der Waals surface area contributed by atoms with Gasteiger partial charge in [0.25, 0.3) is 11.8 Å². The summed E-state index contributed by atoms with van der Waals surface area (Å²) in [6.45, 7) is 2.17. The van der Waals surface area contributed by atoms with Crippen molar-refractivity contribution < 1.29 is 23.5 Å². The van der Waals surface area contributed by atoms with E-state index in [1.807, 2.05) is 0 Å². The first-order chi connectivity index (χ1) is 15.9. The van der Waals surface area contributed by atoms with E-state index < -0.39 is 11.7 Å². The molecule has 0 fully saturated rings. The van der Waals surface area contributed by atoms with Crippen molar-refractivity contribution in [3.63, 3.8) is 0 Å². The number of nitrogens with one attached hydrogen (secondary N) is 2. The fourth-order valence-corrected chi connectivity index (χ4v) is 5.39. The maximum Gasteiger partial charge on any atom is 0.259 e. The monoisotopic (exact) mass is 468 g/mol. The number of hydrogen-bond acceptors (Lipinski definition) is 5. The summed E-state index contributed by atoms with van der Waals surface area (Å²) in [5.41, 5.74) is 1.73. The largest absolute Gasteiger partial charge is 0.497 e. The number of halogens is 1. The summed E-state index contributed by atoms with van der Waals surface area (Å²) in [4.78, 5) is 27.4. The first-order valence-electron chi connectivity index (χ1n) is 10.6. The molecule has 1 aliphatic carbocycles. The quantitative estimate of drug-likeness (QED) is 0.498. The molecule has 3 aromatic rings. The smallest absolute Gasteiger partial charge is 0.259 e. The zero-order chi connectivity index (χ0) is 23.5. The van der Waals surface area contributed by atoms with Crippen LogP contribution in [0.3, 0.4) is 0 Å². The second kappa shape index (κ2) is 9.62. The predicted molar refractivity (Wildman–Crippen MR) is 127 cm³/mol. The van der Waals surface area contributed by atoms with Gasteiger partial charge in [0.1, 0.15) is 22.3 Å². The van der Waals surface area contributed by atoms with Crippen LogP contribution in [0, 0.1) is 11.7 Å². The number of rotatable bonds is 6. The molecule has 0 spiro atoms. The van der Waals surface area contributed by atoms with Gasteiger partial charge in [0.2, 0.25) is 0 Å². The molecule has 2 amide bonds. The maximum atomic E-state index is 14.2. The van der Waals surface area contributed by atoms with Gasteiger partial charge in [0.05, 0.1) is 31.0 Å². The molecule has 0 saturated heterocycles. The molecule has 4 rings (SSSR count). The van der Waals surface area contributed by atoms with Crippen LogP contribution in [-0.2, 0) is 12.8 Å². The van der Waals surface area contributed by atoms with Gasteiger partial charge in [-0.15, -0.1) is 11.3 Å². The Bertz CT molecular complexity index is 1210. The van der Waals surface area contributed by atoms with E-state index in [1.54, 1.807) is 31.4 Å². The molecule has 0 unspecified atom stereocenters. The molecule has 0 aliphatic heterocycles. The van der Waals surface area contributed by atoms with Gasteiger partial charge >= 0.3 is 0 Å². The summed E-state index contributed by atoms with van der Waals surface area (Å²) >= 11 is 1.38. The van der Waals surface area contributed by atoms with Crippen molar-refractivity contribution in [3.05, 3.63) is 69.8 Å². The third-order valence-corrected chi connectivity index (χ3v) is 6.91. The van der Waals surface area contributed by atoms with Crippen molar-refractivity contribution in [1.82, 2.24) is 0 Å². The Labute approximate surface area is 195 Å². The Balaban J connectivity index is 1.70. The van der Waals surface area contributed by atoms with Crippen LogP contribution in [0.2, 0.25) is 0 Å². The summed E-state index contributed by atoms with van der Waals surface area (Å²) in [6.07, 6.45) is 2.52. The van der Waals surface area contributed by atoms with Gasteiger partial charge < -0.3 is 20.1 Å². The molecule has 1 aromatic heterocycles. The van der Waals surface area contributed by atoms with Crippen LogP contribution in [0.15, 0.2) is 42.5 Å². The van der Waals surface area contributed by atoms with Crippen LogP contribution in [-0.4, -0.2) is 26.0 Å². The van der Waals surface area contributed by atoms with Gasteiger partial charge in [-0.1, -0.05) is 19.1 Å². The molecule has 172 valence electrons. The number of thiophene rings is 1. The van der Waals surface area contributed by atoms with Gasteiger partial charge in [-0.2, -0.15) is 0 Å². The third-order valence-electron chi connectivity index (χ3n) is 5.74. The molecule has 0 saturated carbocycles. The lowest BCUT2D eigenvalue weighted by Gasteiger charge is -2.19. The lowest BCUT2D eigenvalue weighted by molar-refractivity contribution is 0.102. The highest BCUT2D eigenvalue weighted by molar-refractivity contribution is 7.17. The summed E-state index contributed by atoms with van der Waals surface area (Å²) in [6, 6.07) is 10.9. The van der Waals surface area contributed by atoms with Crippen molar-refractivity contribution in [3.8, 4) is 11.5 Å². The number of carbonyl (C=O) groups excluding carboxylic acids is 2. The minimum atomic E-state index is -0.614. The molecule has 0 bridgehead atoms. The van der Waals surface area contributed by atoms with E-state index in [9.17, 15) is 14.0 Å². The molecule has 8 heteroatoms. The third kappa shape index (κ3) is 4.71. The number of hydrogen-bond donors (Lipinski definition) is 2. The molecule has 6 nitrogen and oxygen atoms in total. The number of ether oxygens (including phenoxy) is 2. The van der Waals surface area contributed by atoms with E-state index in [1.165, 1.54) is 36.6 Å². The normalized spacial score (nSPS) is 14.8. The standard InChI is InChI=1S/C25H25FN2O4S/c1-14-8-10-17-21(12-14)33-25(28-23(29)16-6-4-5-7-18(16)26)22(17)24(30)27-19-13-15(31-2)9-11-20(19)32-3/h4-7,9,11,13-14H,8,10,12H2,1-3H3,(H,27,30)(H,28,29)/t14-/m1/s1. The van der Waals surface area contributed by atoms with E-state index in [0.717, 1.165) is 29.7 Å². The second-order valence-corrected chi connectivity index (χ2v) is 9.12. The summed E-state index contributed by atoms with van der Waals surface area (Å²) in [5, 5.41) is 6.10. The zero-order valence-corrected chi connectivity index (χ0v) is 19.5. The van der Waals surface area contributed by atoms with E-state index in [4.69, 9.17) is 9.47 Å². The molecule has 1 atom stereocenters. The van der Waals surface area contributed by atoms with E-state index in [-0.39, 0.29) is 11.5 Å². The van der Waals surface area contributed by atoms with Crippen LogP contribution in [0.4, 0.5) is 15.1 Å². The van der Waals surface area contributed by atoms with E-state index in [0.29, 0.717) is 33.7 Å². The Morgan fingerprint density at radius 2 is 1.85 bits per heavy atom. The minimum absolute atomic E-state index is 0.0712. The number of carbonyl (C=O) groups is 2. The SMILES string of the molecule is COc1ccc(OC)c(NC(=O)c2c(NC(=O)c3ccccc3F)sc3c2CC[C@@H](C)C3)c1. The predicted octanol–water partition coefficient (Wildman–Crippen LogP) is 5.53. The summed E-state index contributed by atoms with van der Waals surface area (Å²) in [7, 11) is 3.06. The van der Waals surface area contributed by atoms with Crippen LogP contribution in [0.5, 0.6) is 11.5 Å². The van der Waals surface area contributed by atoms with Crippen molar-refractivity contribution in [2.75, 3.05) is 24.9 Å². The Hall–Kier alpha value is -3.39. The van der Waals surface area contributed by atoms with E-state index in [2.05, 4.69) is 17.6 Å². The van der Waals surface area contributed by atoms with Gasteiger partial charge in [-0.05, 0) is 55.0 Å². The fourth-order valence-electron chi connectivity index (χ4n) is 3.99. The molecule has 1 heterocycles. The highest BCUT2D eigenvalue weighted by atomic mass is 32.1.